The van der Waals surface area contributed by atoms with Crippen LogP contribution in [0.25, 0.3) is 10.9 Å². The fraction of sp³-hybridized carbons (Fsp3) is 0.429. The molecular weight excluding hydrogens is 242 g/mol. The van der Waals surface area contributed by atoms with Gasteiger partial charge >= 0.3 is 0 Å². The number of aromatic nitrogens is 2. The van der Waals surface area contributed by atoms with Crippen LogP contribution in [0.5, 0.6) is 0 Å². The van der Waals surface area contributed by atoms with Gasteiger partial charge in [0.2, 0.25) is 0 Å². The van der Waals surface area contributed by atoms with Crippen molar-refractivity contribution in [2.45, 2.75) is 25.5 Å². The third-order valence-electron chi connectivity index (χ3n) is 3.45. The maximum absolute atomic E-state index is 11.9. The lowest BCUT2D eigenvalue weighted by atomic mass is 10.2. The second-order valence-electron chi connectivity index (χ2n) is 4.89. The molecule has 0 radical (unpaired) electrons. The molecule has 1 aliphatic rings. The first-order chi connectivity index (χ1) is 9.33. The highest BCUT2D eigenvalue weighted by molar-refractivity contribution is 5.77. The largest absolute Gasteiger partial charge is 0.372 e. The van der Waals surface area contributed by atoms with Crippen molar-refractivity contribution in [2.24, 2.45) is 0 Å². The predicted octanol–water partition coefficient (Wildman–Crippen LogP) is 0.166. The van der Waals surface area contributed by atoms with E-state index in [0.29, 0.717) is 18.0 Å². The van der Waals surface area contributed by atoms with Crippen molar-refractivity contribution in [2.75, 3.05) is 13.2 Å². The average Bonchev–Trinajstić information content (AvgIpc) is 2.92. The van der Waals surface area contributed by atoms with Gasteiger partial charge in [-0.2, -0.15) is 0 Å². The molecule has 0 amide bonds. The van der Waals surface area contributed by atoms with Crippen molar-refractivity contribution in [3.63, 3.8) is 0 Å². The van der Waals surface area contributed by atoms with Gasteiger partial charge in [0.1, 0.15) is 19.2 Å². The first-order valence-corrected chi connectivity index (χ1v) is 6.74. The van der Waals surface area contributed by atoms with Crippen LogP contribution in [0.15, 0.2) is 29.1 Å². The van der Waals surface area contributed by atoms with Gasteiger partial charge in [-0.05, 0) is 25.0 Å². The van der Waals surface area contributed by atoms with Crippen LogP contribution in [-0.4, -0.2) is 29.2 Å². The summed E-state index contributed by atoms with van der Waals surface area (Å²) < 4.78 is 5.56. The number of fused-ring (bicyclic) bond motifs is 1. The van der Waals surface area contributed by atoms with Crippen LogP contribution in [0.2, 0.25) is 0 Å². The molecule has 1 aromatic carbocycles. The number of quaternary nitrogens is 1. The molecule has 1 fully saturated rings. The number of nitrogens with zero attached hydrogens (tertiary/aromatic N) is 1. The van der Waals surface area contributed by atoms with Gasteiger partial charge in [-0.15, -0.1) is 0 Å². The number of hydrogen-bond acceptors (Lipinski definition) is 3. The predicted molar refractivity (Wildman–Crippen MR) is 71.8 cm³/mol. The number of para-hydroxylation sites is 1. The third kappa shape index (κ3) is 2.83. The van der Waals surface area contributed by atoms with Crippen molar-refractivity contribution in [3.05, 3.63) is 40.4 Å². The van der Waals surface area contributed by atoms with E-state index in [9.17, 15) is 4.79 Å². The van der Waals surface area contributed by atoms with Crippen LogP contribution in [0.3, 0.4) is 0 Å². The van der Waals surface area contributed by atoms with Crippen LogP contribution < -0.4 is 10.9 Å². The van der Waals surface area contributed by atoms with Crippen LogP contribution in [-0.2, 0) is 11.3 Å². The minimum atomic E-state index is -0.0638. The lowest BCUT2D eigenvalue weighted by molar-refractivity contribution is -0.677. The van der Waals surface area contributed by atoms with E-state index in [4.69, 9.17) is 4.74 Å². The maximum atomic E-state index is 11.9. The topological polar surface area (TPSA) is 71.6 Å². The second kappa shape index (κ2) is 5.50. The third-order valence-corrected chi connectivity index (χ3v) is 3.45. The number of hydrogen-bond donors (Lipinski definition) is 2. The highest BCUT2D eigenvalue weighted by Gasteiger charge is 2.17. The van der Waals surface area contributed by atoms with Crippen LogP contribution in [0, 0.1) is 0 Å². The summed E-state index contributed by atoms with van der Waals surface area (Å²) in [5.74, 6) is 0.724. The minimum Gasteiger partial charge on any atom is -0.372 e. The SMILES string of the molecule is O=c1[nH]c(C[NH2+]C[C@@H]2CCCO2)nc2ccccc12. The molecule has 0 bridgehead atoms. The highest BCUT2D eigenvalue weighted by Crippen LogP contribution is 2.09. The second-order valence-corrected chi connectivity index (χ2v) is 4.89. The molecule has 100 valence electrons. The molecule has 0 unspecified atom stereocenters. The molecule has 2 aromatic rings. The van der Waals surface area contributed by atoms with Gasteiger partial charge in [-0.25, -0.2) is 4.98 Å². The van der Waals surface area contributed by atoms with Gasteiger partial charge in [0.15, 0.2) is 5.82 Å². The lowest BCUT2D eigenvalue weighted by Gasteiger charge is -2.07. The van der Waals surface area contributed by atoms with E-state index in [1.165, 1.54) is 0 Å². The summed E-state index contributed by atoms with van der Waals surface area (Å²) in [6, 6.07) is 7.41. The minimum absolute atomic E-state index is 0.0638. The van der Waals surface area contributed by atoms with E-state index in [1.54, 1.807) is 6.07 Å². The quantitative estimate of drug-likeness (QED) is 0.823. The Morgan fingerprint density at radius 2 is 2.32 bits per heavy atom. The Kier molecular flexibility index (Phi) is 3.57. The van der Waals surface area contributed by atoms with Gasteiger partial charge in [0, 0.05) is 6.61 Å². The summed E-state index contributed by atoms with van der Waals surface area (Å²) >= 11 is 0. The summed E-state index contributed by atoms with van der Waals surface area (Å²) in [6.07, 6.45) is 2.65. The fourth-order valence-corrected chi connectivity index (χ4v) is 2.47. The summed E-state index contributed by atoms with van der Waals surface area (Å²) in [5, 5.41) is 2.79. The molecule has 0 spiro atoms. The molecule has 1 aliphatic heterocycles. The van der Waals surface area contributed by atoms with Gasteiger partial charge in [0.25, 0.3) is 5.56 Å². The summed E-state index contributed by atoms with van der Waals surface area (Å²) in [4.78, 5) is 19.2. The Balaban J connectivity index is 1.69. The Bertz CT molecular complexity index is 617. The number of nitrogens with two attached hydrogens (primary N) is 1. The summed E-state index contributed by atoms with van der Waals surface area (Å²) in [7, 11) is 0. The molecule has 5 nitrogen and oxygen atoms in total. The number of benzene rings is 1. The van der Waals surface area contributed by atoms with Crippen molar-refractivity contribution < 1.29 is 10.1 Å². The number of aromatic amines is 1. The van der Waals surface area contributed by atoms with Crippen molar-refractivity contribution in [1.29, 1.82) is 0 Å². The molecule has 5 heteroatoms. The molecule has 3 N–H and O–H groups in total. The van der Waals surface area contributed by atoms with Crippen LogP contribution in [0.1, 0.15) is 18.7 Å². The number of ether oxygens (including phenoxy) is 1. The first kappa shape index (κ1) is 12.3. The van der Waals surface area contributed by atoms with Crippen LogP contribution >= 0.6 is 0 Å². The van der Waals surface area contributed by atoms with E-state index in [-0.39, 0.29) is 5.56 Å². The zero-order chi connectivity index (χ0) is 13.1. The number of H-pyrrole nitrogens is 1. The number of rotatable bonds is 4. The van der Waals surface area contributed by atoms with E-state index < -0.39 is 0 Å². The molecule has 19 heavy (non-hydrogen) atoms. The van der Waals surface area contributed by atoms with E-state index in [2.05, 4.69) is 15.3 Å². The van der Waals surface area contributed by atoms with Gasteiger partial charge < -0.3 is 15.0 Å². The van der Waals surface area contributed by atoms with E-state index in [0.717, 1.165) is 37.3 Å². The summed E-state index contributed by atoms with van der Waals surface area (Å²) in [5.41, 5.74) is 0.692. The van der Waals surface area contributed by atoms with E-state index >= 15 is 0 Å². The maximum Gasteiger partial charge on any atom is 0.258 e. The Morgan fingerprint density at radius 1 is 1.42 bits per heavy atom. The Hall–Kier alpha value is -1.72. The zero-order valence-corrected chi connectivity index (χ0v) is 10.8. The highest BCUT2D eigenvalue weighted by atomic mass is 16.5. The van der Waals surface area contributed by atoms with Crippen molar-refractivity contribution >= 4 is 10.9 Å². The lowest BCUT2D eigenvalue weighted by Crippen LogP contribution is -2.85. The fourth-order valence-electron chi connectivity index (χ4n) is 2.47. The standard InChI is InChI=1S/C14H17N3O2/c18-14-11-5-1-2-6-12(11)16-13(17-14)9-15-8-10-4-3-7-19-10/h1-2,5-6,10,15H,3-4,7-9H2,(H,16,17,18)/p+1/t10-/m0/s1. The van der Waals surface area contributed by atoms with E-state index in [1.807, 2.05) is 18.2 Å². The molecule has 0 saturated carbocycles. The van der Waals surface area contributed by atoms with Crippen LogP contribution in [0.4, 0.5) is 0 Å². The zero-order valence-electron chi connectivity index (χ0n) is 10.8. The summed E-state index contributed by atoms with van der Waals surface area (Å²) in [6.45, 7) is 2.49. The monoisotopic (exact) mass is 260 g/mol. The average molecular weight is 260 g/mol. The Morgan fingerprint density at radius 3 is 3.16 bits per heavy atom. The molecule has 1 saturated heterocycles. The Labute approximate surface area is 111 Å². The molecule has 0 aliphatic carbocycles. The van der Waals surface area contributed by atoms with Gasteiger partial charge in [0.05, 0.1) is 10.9 Å². The molecule has 1 aromatic heterocycles. The molecule has 1 atom stereocenters. The molecular formula is C14H18N3O2+. The molecule has 2 heterocycles. The van der Waals surface area contributed by atoms with Crippen molar-refractivity contribution in [1.82, 2.24) is 9.97 Å². The van der Waals surface area contributed by atoms with Gasteiger partial charge in [-0.3, -0.25) is 4.79 Å². The van der Waals surface area contributed by atoms with Gasteiger partial charge in [-0.1, -0.05) is 12.1 Å². The smallest absolute Gasteiger partial charge is 0.258 e. The first-order valence-electron chi connectivity index (χ1n) is 6.74. The van der Waals surface area contributed by atoms with Crippen molar-refractivity contribution in [3.8, 4) is 0 Å². The number of nitrogens with one attached hydrogen (secondary N) is 1. The normalized spacial score (nSPS) is 19.1. The molecule has 3 rings (SSSR count).